The second-order valence-corrected chi connectivity index (χ2v) is 3.91. The average molecular weight is 280 g/mol. The van der Waals surface area contributed by atoms with Gasteiger partial charge in [0.15, 0.2) is 0 Å². The Balaban J connectivity index is 2.11. The van der Waals surface area contributed by atoms with E-state index in [-0.39, 0.29) is 19.6 Å². The molecule has 0 radical (unpaired) electrons. The van der Waals surface area contributed by atoms with Crippen molar-refractivity contribution in [2.45, 2.75) is 13.0 Å². The van der Waals surface area contributed by atoms with E-state index >= 15 is 0 Å². The summed E-state index contributed by atoms with van der Waals surface area (Å²) >= 11 is 0. The van der Waals surface area contributed by atoms with E-state index in [1.54, 1.807) is 0 Å². The summed E-state index contributed by atoms with van der Waals surface area (Å²) in [6.07, 6.45) is -0.631. The van der Waals surface area contributed by atoms with Crippen molar-refractivity contribution in [1.82, 2.24) is 10.6 Å². The maximum Gasteiger partial charge on any atom is 0.407 e. The predicted molar refractivity (Wildman–Crippen MR) is 69.9 cm³/mol. The molecule has 1 aromatic carbocycles. The van der Waals surface area contributed by atoms with Gasteiger partial charge in [0, 0.05) is 13.0 Å². The number of alkyl carbamates (subject to hydrolysis) is 1. The Kier molecular flexibility index (Phi) is 6.60. The maximum absolute atomic E-state index is 11.3. The van der Waals surface area contributed by atoms with E-state index in [2.05, 4.69) is 10.6 Å². The molecule has 20 heavy (non-hydrogen) atoms. The number of hydrogen-bond acceptors (Lipinski definition) is 4. The number of aliphatic carboxylic acids is 1. The molecule has 0 bridgehead atoms. The molecule has 7 heteroatoms. The van der Waals surface area contributed by atoms with E-state index < -0.39 is 24.5 Å². The normalized spacial score (nSPS) is 9.60. The SMILES string of the molecule is O=C(O)CNC(=O)CCNC(=O)OCc1ccccc1. The van der Waals surface area contributed by atoms with Crippen LogP contribution in [-0.2, 0) is 20.9 Å². The summed E-state index contributed by atoms with van der Waals surface area (Å²) in [5.41, 5.74) is 0.863. The molecule has 0 aliphatic carbocycles. The summed E-state index contributed by atoms with van der Waals surface area (Å²) < 4.78 is 4.93. The first-order valence-electron chi connectivity index (χ1n) is 6.01. The smallest absolute Gasteiger partial charge is 0.407 e. The van der Waals surface area contributed by atoms with Gasteiger partial charge in [-0.3, -0.25) is 9.59 Å². The highest BCUT2D eigenvalue weighted by molar-refractivity contribution is 5.81. The highest BCUT2D eigenvalue weighted by Gasteiger charge is 2.06. The predicted octanol–water partition coefficient (Wildman–Crippen LogP) is 0.504. The van der Waals surface area contributed by atoms with E-state index in [1.165, 1.54) is 0 Å². The van der Waals surface area contributed by atoms with Crippen LogP contribution < -0.4 is 10.6 Å². The fourth-order valence-electron chi connectivity index (χ4n) is 1.31. The fraction of sp³-hybridized carbons (Fsp3) is 0.308. The van der Waals surface area contributed by atoms with Crippen LogP contribution in [0.4, 0.5) is 4.79 Å². The van der Waals surface area contributed by atoms with Gasteiger partial charge < -0.3 is 20.5 Å². The maximum atomic E-state index is 11.3. The molecule has 3 N–H and O–H groups in total. The van der Waals surface area contributed by atoms with E-state index in [0.29, 0.717) is 0 Å². The lowest BCUT2D eigenvalue weighted by Gasteiger charge is -2.07. The monoisotopic (exact) mass is 280 g/mol. The molecule has 7 nitrogen and oxygen atoms in total. The van der Waals surface area contributed by atoms with Gasteiger partial charge in [0.05, 0.1) is 0 Å². The Bertz CT molecular complexity index is 461. The van der Waals surface area contributed by atoms with Crippen molar-refractivity contribution in [3.63, 3.8) is 0 Å². The summed E-state index contributed by atoms with van der Waals surface area (Å²) in [6.45, 7) is -0.200. The second kappa shape index (κ2) is 8.52. The van der Waals surface area contributed by atoms with Crippen molar-refractivity contribution in [2.24, 2.45) is 0 Å². The van der Waals surface area contributed by atoms with E-state index in [4.69, 9.17) is 9.84 Å². The molecule has 0 aliphatic heterocycles. The van der Waals surface area contributed by atoms with Crippen LogP contribution >= 0.6 is 0 Å². The molecule has 0 aliphatic rings. The number of carboxylic acids is 1. The molecule has 0 fully saturated rings. The molecule has 0 saturated carbocycles. The molecule has 2 amide bonds. The van der Waals surface area contributed by atoms with Crippen molar-refractivity contribution >= 4 is 18.0 Å². The zero-order valence-corrected chi connectivity index (χ0v) is 10.8. The number of carboxylic acid groups (broad SMARTS) is 1. The molecular formula is C13H16N2O5. The van der Waals surface area contributed by atoms with Crippen molar-refractivity contribution < 1.29 is 24.2 Å². The minimum atomic E-state index is -1.12. The van der Waals surface area contributed by atoms with Crippen LogP contribution in [0.2, 0.25) is 0 Å². The first-order valence-corrected chi connectivity index (χ1v) is 6.01. The molecule has 0 heterocycles. The van der Waals surface area contributed by atoms with Crippen LogP contribution in [-0.4, -0.2) is 36.2 Å². The number of benzene rings is 1. The summed E-state index contributed by atoms with van der Waals surface area (Å²) in [5.74, 6) is -1.57. The van der Waals surface area contributed by atoms with Gasteiger partial charge in [0.25, 0.3) is 0 Å². The van der Waals surface area contributed by atoms with E-state index in [1.807, 2.05) is 30.3 Å². The number of carbonyl (C=O) groups excluding carboxylic acids is 2. The topological polar surface area (TPSA) is 105 Å². The van der Waals surface area contributed by atoms with Gasteiger partial charge in [0.1, 0.15) is 13.2 Å². The van der Waals surface area contributed by atoms with Crippen LogP contribution in [0.3, 0.4) is 0 Å². The lowest BCUT2D eigenvalue weighted by molar-refractivity contribution is -0.137. The van der Waals surface area contributed by atoms with Crippen LogP contribution in [0, 0.1) is 0 Å². The second-order valence-electron chi connectivity index (χ2n) is 3.91. The Morgan fingerprint density at radius 2 is 1.80 bits per heavy atom. The van der Waals surface area contributed by atoms with E-state index in [0.717, 1.165) is 5.56 Å². The van der Waals surface area contributed by atoms with Gasteiger partial charge >= 0.3 is 12.1 Å². The minimum Gasteiger partial charge on any atom is -0.480 e. The molecule has 0 spiro atoms. The first-order chi connectivity index (χ1) is 9.58. The number of carbonyl (C=O) groups is 3. The minimum absolute atomic E-state index is 0.00623. The van der Waals surface area contributed by atoms with Crippen LogP contribution in [0.1, 0.15) is 12.0 Å². The molecule has 1 rings (SSSR count). The zero-order chi connectivity index (χ0) is 14.8. The number of hydrogen-bond donors (Lipinski definition) is 3. The number of nitrogens with one attached hydrogen (secondary N) is 2. The van der Waals surface area contributed by atoms with E-state index in [9.17, 15) is 14.4 Å². The quantitative estimate of drug-likeness (QED) is 0.674. The van der Waals surface area contributed by atoms with Gasteiger partial charge in [0.2, 0.25) is 5.91 Å². The first kappa shape index (κ1) is 15.5. The van der Waals surface area contributed by atoms with Crippen molar-refractivity contribution in [1.29, 1.82) is 0 Å². The molecule has 108 valence electrons. The average Bonchev–Trinajstić information content (AvgIpc) is 2.44. The van der Waals surface area contributed by atoms with Gasteiger partial charge in [-0.15, -0.1) is 0 Å². The van der Waals surface area contributed by atoms with Gasteiger partial charge in [-0.1, -0.05) is 30.3 Å². The Labute approximate surface area is 115 Å². The molecule has 1 aromatic rings. The van der Waals surface area contributed by atoms with Gasteiger partial charge in [-0.25, -0.2) is 4.79 Å². The molecule has 0 aromatic heterocycles. The van der Waals surface area contributed by atoms with Crippen molar-refractivity contribution in [3.05, 3.63) is 35.9 Å². The molecule has 0 atom stereocenters. The largest absolute Gasteiger partial charge is 0.480 e. The number of rotatable bonds is 7. The van der Waals surface area contributed by atoms with Crippen LogP contribution in [0.5, 0.6) is 0 Å². The van der Waals surface area contributed by atoms with Crippen LogP contribution in [0.15, 0.2) is 30.3 Å². The highest BCUT2D eigenvalue weighted by Crippen LogP contribution is 2.00. The lowest BCUT2D eigenvalue weighted by atomic mass is 10.2. The summed E-state index contributed by atoms with van der Waals surface area (Å²) in [6, 6.07) is 9.19. The lowest BCUT2D eigenvalue weighted by Crippen LogP contribution is -2.33. The Morgan fingerprint density at radius 1 is 1.10 bits per heavy atom. The summed E-state index contributed by atoms with van der Waals surface area (Å²) in [5, 5.41) is 12.9. The van der Waals surface area contributed by atoms with Crippen LogP contribution in [0.25, 0.3) is 0 Å². The third kappa shape index (κ3) is 7.00. The molecular weight excluding hydrogens is 264 g/mol. The van der Waals surface area contributed by atoms with Crippen molar-refractivity contribution in [2.75, 3.05) is 13.1 Å². The summed E-state index contributed by atoms with van der Waals surface area (Å²) in [4.78, 5) is 32.6. The highest BCUT2D eigenvalue weighted by atomic mass is 16.5. The molecule has 0 saturated heterocycles. The Hall–Kier alpha value is -2.57. The van der Waals surface area contributed by atoms with Gasteiger partial charge in [-0.2, -0.15) is 0 Å². The van der Waals surface area contributed by atoms with Crippen molar-refractivity contribution in [3.8, 4) is 0 Å². The third-order valence-corrected chi connectivity index (χ3v) is 2.27. The zero-order valence-electron chi connectivity index (χ0n) is 10.8. The van der Waals surface area contributed by atoms with Gasteiger partial charge in [-0.05, 0) is 5.56 Å². The standard InChI is InChI=1S/C13H16N2O5/c16-11(15-8-12(17)18)6-7-14-13(19)20-9-10-4-2-1-3-5-10/h1-5H,6-9H2,(H,14,19)(H,15,16)(H,17,18). The number of ether oxygens (including phenoxy) is 1. The molecule has 0 unspecified atom stereocenters. The fourth-order valence-corrected chi connectivity index (χ4v) is 1.31. The third-order valence-electron chi connectivity index (χ3n) is 2.27. The number of amides is 2. The summed E-state index contributed by atoms with van der Waals surface area (Å²) in [7, 11) is 0. The Morgan fingerprint density at radius 3 is 2.45 bits per heavy atom.